The molecule has 2 aromatic heterocycles. The Hall–Kier alpha value is -1.20. The number of rotatable bonds is 4. The molecule has 0 aliphatic rings. The summed E-state index contributed by atoms with van der Waals surface area (Å²) in [5.74, 6) is 0.410. The lowest BCUT2D eigenvalue weighted by Gasteiger charge is -2.17. The number of nitrogens with two attached hydrogens (primary N) is 1. The van der Waals surface area contributed by atoms with Crippen LogP contribution in [-0.2, 0) is 6.54 Å². The van der Waals surface area contributed by atoms with Crippen molar-refractivity contribution >= 4 is 11.3 Å². The minimum atomic E-state index is 0.0331. The van der Waals surface area contributed by atoms with Gasteiger partial charge in [0.05, 0.1) is 29.8 Å². The van der Waals surface area contributed by atoms with Gasteiger partial charge < -0.3 is 10.3 Å². The van der Waals surface area contributed by atoms with Crippen LogP contribution in [0, 0.1) is 12.8 Å². The number of nitrogens with zero attached hydrogens (tertiary/aromatic N) is 3. The maximum absolute atomic E-state index is 6.18. The van der Waals surface area contributed by atoms with Crippen molar-refractivity contribution < 1.29 is 0 Å². The standard InChI is InChI=1S/C12H18N4S/c1-8(2)12(13)10-4-14-6-16(10)5-11-9(3)15-7-17-11/h4,6-8,12H,5,13H2,1-3H3. The van der Waals surface area contributed by atoms with Crippen LogP contribution in [0.15, 0.2) is 18.0 Å². The molecule has 0 bridgehead atoms. The summed E-state index contributed by atoms with van der Waals surface area (Å²) in [7, 11) is 0. The van der Waals surface area contributed by atoms with Crippen LogP contribution in [0.25, 0.3) is 0 Å². The summed E-state index contributed by atoms with van der Waals surface area (Å²) >= 11 is 1.68. The Morgan fingerprint density at radius 1 is 1.47 bits per heavy atom. The highest BCUT2D eigenvalue weighted by molar-refractivity contribution is 7.09. The van der Waals surface area contributed by atoms with Crippen molar-refractivity contribution in [1.29, 1.82) is 0 Å². The Kier molecular flexibility index (Phi) is 3.59. The highest BCUT2D eigenvalue weighted by atomic mass is 32.1. The van der Waals surface area contributed by atoms with Crippen LogP contribution >= 0.6 is 11.3 Å². The van der Waals surface area contributed by atoms with Gasteiger partial charge in [-0.2, -0.15) is 0 Å². The third-order valence-corrected chi connectivity index (χ3v) is 3.88. The number of thiazole rings is 1. The number of hydrogen-bond acceptors (Lipinski definition) is 4. The Labute approximate surface area is 106 Å². The largest absolute Gasteiger partial charge is 0.328 e. The summed E-state index contributed by atoms with van der Waals surface area (Å²) in [5.41, 5.74) is 10.2. The summed E-state index contributed by atoms with van der Waals surface area (Å²) in [6.07, 6.45) is 3.71. The lowest BCUT2D eigenvalue weighted by atomic mass is 10.0. The first kappa shape index (κ1) is 12.3. The molecule has 0 radical (unpaired) electrons. The van der Waals surface area contributed by atoms with Gasteiger partial charge in [0.1, 0.15) is 0 Å². The van der Waals surface area contributed by atoms with Crippen LogP contribution in [0.2, 0.25) is 0 Å². The first-order valence-corrected chi connectivity index (χ1v) is 6.62. The molecule has 0 amide bonds. The van der Waals surface area contributed by atoms with E-state index < -0.39 is 0 Å². The molecule has 2 heterocycles. The third kappa shape index (κ3) is 2.56. The van der Waals surface area contributed by atoms with Gasteiger partial charge in [0.15, 0.2) is 0 Å². The lowest BCUT2D eigenvalue weighted by molar-refractivity contribution is 0.485. The second kappa shape index (κ2) is 4.98. The Bertz CT molecular complexity index is 486. The minimum absolute atomic E-state index is 0.0331. The second-order valence-corrected chi connectivity index (χ2v) is 5.52. The second-order valence-electron chi connectivity index (χ2n) is 4.58. The van der Waals surface area contributed by atoms with Crippen LogP contribution in [0.5, 0.6) is 0 Å². The summed E-state index contributed by atoms with van der Waals surface area (Å²) in [6.45, 7) is 7.09. The Morgan fingerprint density at radius 2 is 2.24 bits per heavy atom. The SMILES string of the molecule is Cc1ncsc1Cn1cncc1C(N)C(C)C. The molecule has 0 aliphatic carbocycles. The van der Waals surface area contributed by atoms with Crippen LogP contribution in [0.3, 0.4) is 0 Å². The van der Waals surface area contributed by atoms with E-state index in [0.717, 1.165) is 17.9 Å². The molecule has 0 saturated carbocycles. The predicted octanol–water partition coefficient (Wildman–Crippen LogP) is 2.35. The summed E-state index contributed by atoms with van der Waals surface area (Å²) in [6, 6.07) is 0.0331. The maximum Gasteiger partial charge on any atom is 0.0952 e. The molecule has 1 atom stereocenters. The van der Waals surface area contributed by atoms with Crippen molar-refractivity contribution in [2.24, 2.45) is 11.7 Å². The van der Waals surface area contributed by atoms with Gasteiger partial charge in [-0.3, -0.25) is 0 Å². The average molecular weight is 250 g/mol. The highest BCUT2D eigenvalue weighted by Crippen LogP contribution is 2.21. The fraction of sp³-hybridized carbons (Fsp3) is 0.500. The van der Waals surface area contributed by atoms with Crippen molar-refractivity contribution in [2.75, 3.05) is 0 Å². The molecule has 92 valence electrons. The quantitative estimate of drug-likeness (QED) is 0.906. The molecule has 17 heavy (non-hydrogen) atoms. The summed E-state index contributed by atoms with van der Waals surface area (Å²) in [5, 5.41) is 0. The number of hydrogen-bond donors (Lipinski definition) is 1. The van der Waals surface area contributed by atoms with Crippen molar-refractivity contribution in [2.45, 2.75) is 33.4 Å². The van der Waals surface area contributed by atoms with E-state index in [1.807, 2.05) is 25.0 Å². The number of imidazole rings is 1. The topological polar surface area (TPSA) is 56.7 Å². The predicted molar refractivity (Wildman–Crippen MR) is 69.9 cm³/mol. The van der Waals surface area contributed by atoms with Crippen LogP contribution in [0.4, 0.5) is 0 Å². The zero-order chi connectivity index (χ0) is 12.4. The van der Waals surface area contributed by atoms with E-state index in [0.29, 0.717) is 5.92 Å². The maximum atomic E-state index is 6.18. The van der Waals surface area contributed by atoms with Crippen LogP contribution in [0.1, 0.15) is 36.2 Å². The van der Waals surface area contributed by atoms with Gasteiger partial charge in [0.2, 0.25) is 0 Å². The molecule has 5 heteroatoms. The highest BCUT2D eigenvalue weighted by Gasteiger charge is 2.15. The van der Waals surface area contributed by atoms with Crippen LogP contribution < -0.4 is 5.73 Å². The Balaban J connectivity index is 2.23. The van der Waals surface area contributed by atoms with Crippen molar-refractivity contribution in [1.82, 2.24) is 14.5 Å². The molecule has 0 fully saturated rings. The van der Waals surface area contributed by atoms with E-state index in [1.165, 1.54) is 4.88 Å². The van der Waals surface area contributed by atoms with E-state index in [1.54, 1.807) is 11.3 Å². The fourth-order valence-corrected chi connectivity index (χ4v) is 2.49. The molecule has 0 aromatic carbocycles. The number of aromatic nitrogens is 3. The minimum Gasteiger partial charge on any atom is -0.328 e. The lowest BCUT2D eigenvalue weighted by Crippen LogP contribution is -2.20. The van der Waals surface area contributed by atoms with Gasteiger partial charge in [0, 0.05) is 17.1 Å². The van der Waals surface area contributed by atoms with Crippen LogP contribution in [-0.4, -0.2) is 14.5 Å². The third-order valence-electron chi connectivity index (χ3n) is 2.96. The molecular formula is C12H18N4S. The normalized spacial score (nSPS) is 13.2. The molecule has 2 aromatic rings. The van der Waals surface area contributed by atoms with E-state index in [-0.39, 0.29) is 6.04 Å². The van der Waals surface area contributed by atoms with E-state index >= 15 is 0 Å². The molecular weight excluding hydrogens is 232 g/mol. The molecule has 0 spiro atoms. The monoisotopic (exact) mass is 250 g/mol. The summed E-state index contributed by atoms with van der Waals surface area (Å²) in [4.78, 5) is 9.73. The van der Waals surface area contributed by atoms with E-state index in [9.17, 15) is 0 Å². The van der Waals surface area contributed by atoms with Crippen molar-refractivity contribution in [3.63, 3.8) is 0 Å². The average Bonchev–Trinajstić information content (AvgIpc) is 2.88. The van der Waals surface area contributed by atoms with E-state index in [2.05, 4.69) is 28.4 Å². The Morgan fingerprint density at radius 3 is 2.82 bits per heavy atom. The smallest absolute Gasteiger partial charge is 0.0952 e. The molecule has 0 aliphatic heterocycles. The molecule has 2 rings (SSSR count). The molecule has 1 unspecified atom stereocenters. The number of aryl methyl sites for hydroxylation is 1. The molecule has 0 saturated heterocycles. The van der Waals surface area contributed by atoms with Crippen molar-refractivity contribution in [3.8, 4) is 0 Å². The van der Waals surface area contributed by atoms with Gasteiger partial charge in [0.25, 0.3) is 0 Å². The van der Waals surface area contributed by atoms with Gasteiger partial charge >= 0.3 is 0 Å². The van der Waals surface area contributed by atoms with Gasteiger partial charge in [-0.25, -0.2) is 9.97 Å². The van der Waals surface area contributed by atoms with E-state index in [4.69, 9.17) is 5.73 Å². The summed E-state index contributed by atoms with van der Waals surface area (Å²) < 4.78 is 2.12. The molecule has 4 nitrogen and oxygen atoms in total. The molecule has 2 N–H and O–H groups in total. The zero-order valence-electron chi connectivity index (χ0n) is 10.4. The first-order valence-electron chi connectivity index (χ1n) is 5.74. The van der Waals surface area contributed by atoms with Gasteiger partial charge in [-0.05, 0) is 12.8 Å². The van der Waals surface area contributed by atoms with Gasteiger partial charge in [-0.15, -0.1) is 11.3 Å². The first-order chi connectivity index (χ1) is 8.09. The van der Waals surface area contributed by atoms with Gasteiger partial charge in [-0.1, -0.05) is 13.8 Å². The fourth-order valence-electron chi connectivity index (χ4n) is 1.71. The van der Waals surface area contributed by atoms with Crippen molar-refractivity contribution in [3.05, 3.63) is 34.3 Å². The zero-order valence-corrected chi connectivity index (χ0v) is 11.2.